The Morgan fingerprint density at radius 1 is 1.17 bits per heavy atom. The van der Waals surface area contributed by atoms with Gasteiger partial charge in [0, 0.05) is 13.5 Å². The van der Waals surface area contributed by atoms with Gasteiger partial charge in [0.2, 0.25) is 11.8 Å². The van der Waals surface area contributed by atoms with Crippen LogP contribution in [-0.4, -0.2) is 31.1 Å². The Labute approximate surface area is 141 Å². The fourth-order valence-electron chi connectivity index (χ4n) is 3.40. The Morgan fingerprint density at radius 2 is 1.88 bits per heavy atom. The van der Waals surface area contributed by atoms with Gasteiger partial charge < -0.3 is 20.1 Å². The van der Waals surface area contributed by atoms with Crippen LogP contribution in [0, 0.1) is 5.92 Å². The van der Waals surface area contributed by atoms with E-state index in [-0.39, 0.29) is 17.7 Å². The van der Waals surface area contributed by atoms with Crippen molar-refractivity contribution in [3.8, 4) is 11.5 Å². The molecule has 1 saturated carbocycles. The van der Waals surface area contributed by atoms with Crippen molar-refractivity contribution in [2.45, 2.75) is 45.2 Å². The first-order valence-electron chi connectivity index (χ1n) is 8.57. The summed E-state index contributed by atoms with van der Waals surface area (Å²) in [6, 6.07) is 5.22. The van der Waals surface area contributed by atoms with Crippen molar-refractivity contribution in [2.75, 3.05) is 13.2 Å². The van der Waals surface area contributed by atoms with Crippen molar-refractivity contribution in [1.29, 1.82) is 0 Å². The standard InChI is InChI=1S/C18H24N2O4/c1-12(21)20-17(14-4-2-3-5-14)18(22)19-11-13-6-7-15-16(10-13)24-9-8-23-15/h6-7,10,14,17H,2-5,8-9,11H2,1H3,(H,19,22)(H,20,21). The number of carbonyl (C=O) groups excluding carboxylic acids is 2. The number of ether oxygens (including phenoxy) is 2. The minimum atomic E-state index is -0.442. The van der Waals surface area contributed by atoms with Crippen LogP contribution in [0.2, 0.25) is 0 Å². The zero-order valence-electron chi connectivity index (χ0n) is 14.0. The lowest BCUT2D eigenvalue weighted by molar-refractivity contribution is -0.129. The van der Waals surface area contributed by atoms with Gasteiger partial charge in [0.15, 0.2) is 11.5 Å². The van der Waals surface area contributed by atoms with Gasteiger partial charge in [-0.25, -0.2) is 0 Å². The molecule has 0 bridgehead atoms. The maximum atomic E-state index is 12.5. The Morgan fingerprint density at radius 3 is 2.58 bits per heavy atom. The summed E-state index contributed by atoms with van der Waals surface area (Å²) in [4.78, 5) is 24.0. The minimum Gasteiger partial charge on any atom is -0.486 e. The van der Waals surface area contributed by atoms with Crippen LogP contribution in [0.4, 0.5) is 0 Å². The van der Waals surface area contributed by atoms with E-state index >= 15 is 0 Å². The van der Waals surface area contributed by atoms with Crippen LogP contribution in [0.25, 0.3) is 0 Å². The van der Waals surface area contributed by atoms with E-state index in [1.807, 2.05) is 18.2 Å². The van der Waals surface area contributed by atoms with Gasteiger partial charge in [0.25, 0.3) is 0 Å². The molecule has 0 saturated heterocycles. The molecule has 1 aliphatic heterocycles. The van der Waals surface area contributed by atoms with Gasteiger partial charge in [-0.2, -0.15) is 0 Å². The normalized spacial score (nSPS) is 18.0. The van der Waals surface area contributed by atoms with E-state index in [2.05, 4.69) is 10.6 Å². The third kappa shape index (κ3) is 3.99. The summed E-state index contributed by atoms with van der Waals surface area (Å²) in [7, 11) is 0. The number of benzene rings is 1. The first-order chi connectivity index (χ1) is 11.6. The van der Waals surface area contributed by atoms with E-state index < -0.39 is 6.04 Å². The maximum Gasteiger partial charge on any atom is 0.243 e. The molecule has 3 rings (SSSR count). The molecule has 1 aliphatic carbocycles. The average Bonchev–Trinajstić information content (AvgIpc) is 3.11. The van der Waals surface area contributed by atoms with E-state index in [0.29, 0.717) is 25.5 Å². The molecule has 2 aliphatic rings. The zero-order valence-corrected chi connectivity index (χ0v) is 14.0. The Balaban J connectivity index is 1.61. The van der Waals surface area contributed by atoms with E-state index in [1.54, 1.807) is 0 Å². The highest BCUT2D eigenvalue weighted by Crippen LogP contribution is 2.31. The summed E-state index contributed by atoms with van der Waals surface area (Å²) in [5.41, 5.74) is 0.945. The third-order valence-corrected chi connectivity index (χ3v) is 4.59. The molecular weight excluding hydrogens is 308 g/mol. The Bertz CT molecular complexity index is 611. The highest BCUT2D eigenvalue weighted by atomic mass is 16.6. The number of fused-ring (bicyclic) bond motifs is 1. The van der Waals surface area contributed by atoms with Crippen molar-refractivity contribution in [3.05, 3.63) is 23.8 Å². The molecule has 24 heavy (non-hydrogen) atoms. The van der Waals surface area contributed by atoms with Gasteiger partial charge in [-0.3, -0.25) is 9.59 Å². The molecule has 0 radical (unpaired) electrons. The summed E-state index contributed by atoms with van der Waals surface area (Å²) in [6.45, 7) is 2.95. The first-order valence-corrected chi connectivity index (χ1v) is 8.57. The summed E-state index contributed by atoms with van der Waals surface area (Å²) in [5.74, 6) is 1.39. The molecule has 1 aromatic carbocycles. The average molecular weight is 332 g/mol. The Kier molecular flexibility index (Phi) is 5.23. The van der Waals surface area contributed by atoms with Crippen molar-refractivity contribution < 1.29 is 19.1 Å². The van der Waals surface area contributed by atoms with Crippen molar-refractivity contribution >= 4 is 11.8 Å². The van der Waals surface area contributed by atoms with Crippen molar-refractivity contribution in [2.24, 2.45) is 5.92 Å². The lowest BCUT2D eigenvalue weighted by atomic mass is 9.97. The molecule has 1 unspecified atom stereocenters. The van der Waals surface area contributed by atoms with Gasteiger partial charge >= 0.3 is 0 Å². The fraction of sp³-hybridized carbons (Fsp3) is 0.556. The van der Waals surface area contributed by atoms with Crippen molar-refractivity contribution in [1.82, 2.24) is 10.6 Å². The maximum absolute atomic E-state index is 12.5. The van der Waals surface area contributed by atoms with Crippen molar-refractivity contribution in [3.63, 3.8) is 0 Å². The van der Waals surface area contributed by atoms with Gasteiger partial charge in [-0.15, -0.1) is 0 Å². The SMILES string of the molecule is CC(=O)NC(C(=O)NCc1ccc2c(c1)OCCO2)C1CCCC1. The summed E-state index contributed by atoms with van der Waals surface area (Å²) in [5, 5.41) is 5.75. The monoisotopic (exact) mass is 332 g/mol. The number of nitrogens with one attached hydrogen (secondary N) is 2. The molecule has 6 nitrogen and oxygen atoms in total. The molecular formula is C18H24N2O4. The number of rotatable bonds is 5. The number of hydrogen-bond donors (Lipinski definition) is 2. The molecule has 2 amide bonds. The molecule has 1 atom stereocenters. The van der Waals surface area contributed by atoms with Gasteiger partial charge in [-0.05, 0) is 36.5 Å². The predicted octanol–water partition coefficient (Wildman–Crippen LogP) is 1.77. The molecule has 2 N–H and O–H groups in total. The lowest BCUT2D eigenvalue weighted by Gasteiger charge is -2.23. The van der Waals surface area contributed by atoms with E-state index in [0.717, 1.165) is 37.0 Å². The molecule has 0 aromatic heterocycles. The summed E-state index contributed by atoms with van der Waals surface area (Å²) >= 11 is 0. The summed E-state index contributed by atoms with van der Waals surface area (Å²) in [6.07, 6.45) is 4.22. The molecule has 1 aromatic rings. The topological polar surface area (TPSA) is 76.7 Å². The number of amides is 2. The predicted molar refractivity (Wildman–Crippen MR) is 88.8 cm³/mol. The van der Waals surface area contributed by atoms with Crippen LogP contribution in [0.1, 0.15) is 38.2 Å². The largest absolute Gasteiger partial charge is 0.486 e. The minimum absolute atomic E-state index is 0.119. The second-order valence-electron chi connectivity index (χ2n) is 6.42. The van der Waals surface area contributed by atoms with Crippen LogP contribution in [0.5, 0.6) is 11.5 Å². The highest BCUT2D eigenvalue weighted by molar-refractivity contribution is 5.87. The molecule has 1 fully saturated rings. The zero-order chi connectivity index (χ0) is 16.9. The second-order valence-corrected chi connectivity index (χ2v) is 6.42. The molecule has 1 heterocycles. The van der Waals surface area contributed by atoms with E-state index in [4.69, 9.17) is 9.47 Å². The van der Waals surface area contributed by atoms with Crippen LogP contribution in [0.15, 0.2) is 18.2 Å². The van der Waals surface area contributed by atoms with Crippen LogP contribution >= 0.6 is 0 Å². The third-order valence-electron chi connectivity index (χ3n) is 4.59. The van der Waals surface area contributed by atoms with E-state index in [9.17, 15) is 9.59 Å². The lowest BCUT2D eigenvalue weighted by Crippen LogP contribution is -2.49. The van der Waals surface area contributed by atoms with Gasteiger partial charge in [0.05, 0.1) is 0 Å². The number of hydrogen-bond acceptors (Lipinski definition) is 4. The van der Waals surface area contributed by atoms with Crippen LogP contribution in [-0.2, 0) is 16.1 Å². The fourth-order valence-corrected chi connectivity index (χ4v) is 3.40. The van der Waals surface area contributed by atoms with Gasteiger partial charge in [0.1, 0.15) is 19.3 Å². The second kappa shape index (κ2) is 7.55. The quantitative estimate of drug-likeness (QED) is 0.861. The summed E-state index contributed by atoms with van der Waals surface area (Å²) < 4.78 is 11.1. The highest BCUT2D eigenvalue weighted by Gasteiger charge is 2.31. The first kappa shape index (κ1) is 16.6. The van der Waals surface area contributed by atoms with Crippen LogP contribution < -0.4 is 20.1 Å². The van der Waals surface area contributed by atoms with Crippen LogP contribution in [0.3, 0.4) is 0 Å². The number of carbonyl (C=O) groups is 2. The van der Waals surface area contributed by atoms with E-state index in [1.165, 1.54) is 6.92 Å². The molecule has 130 valence electrons. The smallest absolute Gasteiger partial charge is 0.243 e. The van der Waals surface area contributed by atoms with Gasteiger partial charge in [-0.1, -0.05) is 18.9 Å². The molecule has 6 heteroatoms. The molecule has 0 spiro atoms. The Hall–Kier alpha value is -2.24.